The molecule has 1 saturated carbocycles. The molecule has 0 spiro atoms. The van der Waals surface area contributed by atoms with E-state index < -0.39 is 0 Å². The number of hydrogen-bond donors (Lipinski definition) is 2. The first-order chi connectivity index (χ1) is 9.70. The van der Waals surface area contributed by atoms with Crippen LogP contribution in [0.4, 0.5) is 0 Å². The van der Waals surface area contributed by atoms with Gasteiger partial charge in [-0.05, 0) is 44.7 Å². The van der Waals surface area contributed by atoms with Crippen LogP contribution in [0.1, 0.15) is 37.8 Å². The predicted molar refractivity (Wildman–Crippen MR) is 79.2 cm³/mol. The molecular weight excluding hydrogens is 254 g/mol. The van der Waals surface area contributed by atoms with Crippen LogP contribution in [0, 0.1) is 5.92 Å². The molecule has 4 heteroatoms. The number of benzene rings is 1. The van der Waals surface area contributed by atoms with Crippen molar-refractivity contribution in [1.82, 2.24) is 5.32 Å². The second-order valence-electron chi connectivity index (χ2n) is 5.47. The van der Waals surface area contributed by atoms with Gasteiger partial charge in [-0.3, -0.25) is 0 Å². The van der Waals surface area contributed by atoms with E-state index >= 15 is 0 Å². The maximum absolute atomic E-state index is 9.96. The predicted octanol–water partition coefficient (Wildman–Crippen LogP) is 2.87. The number of rotatable bonds is 9. The standard InChI is InChI=1S/C16H25NO3/c1-12(15-7-6-14(19-2)10-16(15)18)17-8-3-9-20-11-13-4-5-13/h6-7,10,12-13,17-18H,3-5,8-9,11H2,1-2H3. The second-order valence-corrected chi connectivity index (χ2v) is 5.47. The van der Waals surface area contributed by atoms with E-state index in [-0.39, 0.29) is 11.8 Å². The highest BCUT2D eigenvalue weighted by Crippen LogP contribution is 2.29. The molecule has 0 bridgehead atoms. The third-order valence-electron chi connectivity index (χ3n) is 3.67. The van der Waals surface area contributed by atoms with Crippen molar-refractivity contribution in [1.29, 1.82) is 0 Å². The molecule has 1 unspecified atom stereocenters. The van der Waals surface area contributed by atoms with Crippen molar-refractivity contribution in [2.24, 2.45) is 5.92 Å². The SMILES string of the molecule is COc1ccc(C(C)NCCCOCC2CC2)c(O)c1. The molecule has 112 valence electrons. The Morgan fingerprint density at radius 3 is 2.85 bits per heavy atom. The van der Waals surface area contributed by atoms with Gasteiger partial charge in [-0.25, -0.2) is 0 Å². The number of methoxy groups -OCH3 is 1. The smallest absolute Gasteiger partial charge is 0.124 e. The summed E-state index contributed by atoms with van der Waals surface area (Å²) in [6.07, 6.45) is 3.67. The van der Waals surface area contributed by atoms with Gasteiger partial charge >= 0.3 is 0 Å². The average Bonchev–Trinajstić information content (AvgIpc) is 3.26. The van der Waals surface area contributed by atoms with Gasteiger partial charge in [0.15, 0.2) is 0 Å². The Hall–Kier alpha value is -1.26. The zero-order valence-corrected chi connectivity index (χ0v) is 12.4. The Bertz CT molecular complexity index is 418. The topological polar surface area (TPSA) is 50.7 Å². The molecule has 0 aliphatic heterocycles. The number of phenols is 1. The lowest BCUT2D eigenvalue weighted by Crippen LogP contribution is -2.21. The van der Waals surface area contributed by atoms with Crippen LogP contribution in [0.3, 0.4) is 0 Å². The molecule has 1 aromatic carbocycles. The van der Waals surface area contributed by atoms with Crippen LogP contribution in [0.2, 0.25) is 0 Å². The van der Waals surface area contributed by atoms with Gasteiger partial charge in [0, 0.05) is 30.9 Å². The molecule has 0 heterocycles. The summed E-state index contributed by atoms with van der Waals surface area (Å²) >= 11 is 0. The molecule has 1 fully saturated rings. The van der Waals surface area contributed by atoms with Gasteiger partial charge in [0.25, 0.3) is 0 Å². The molecule has 1 atom stereocenters. The number of ether oxygens (including phenoxy) is 2. The maximum atomic E-state index is 9.96. The summed E-state index contributed by atoms with van der Waals surface area (Å²) in [5.41, 5.74) is 0.893. The van der Waals surface area contributed by atoms with Crippen molar-refractivity contribution in [3.8, 4) is 11.5 Å². The van der Waals surface area contributed by atoms with Crippen LogP contribution in [0.25, 0.3) is 0 Å². The lowest BCUT2D eigenvalue weighted by molar-refractivity contribution is 0.121. The first kappa shape index (κ1) is 15.1. The van der Waals surface area contributed by atoms with Gasteiger partial charge in [0.1, 0.15) is 11.5 Å². The van der Waals surface area contributed by atoms with Crippen molar-refractivity contribution in [2.75, 3.05) is 26.9 Å². The van der Waals surface area contributed by atoms with E-state index in [1.807, 2.05) is 19.1 Å². The molecule has 1 aliphatic carbocycles. The number of phenolic OH excluding ortho intramolecular Hbond substituents is 1. The highest BCUT2D eigenvalue weighted by atomic mass is 16.5. The van der Waals surface area contributed by atoms with Gasteiger partial charge < -0.3 is 19.9 Å². The zero-order chi connectivity index (χ0) is 14.4. The Kier molecular flexibility index (Phi) is 5.68. The summed E-state index contributed by atoms with van der Waals surface area (Å²) in [6, 6.07) is 5.53. The van der Waals surface area contributed by atoms with Crippen molar-refractivity contribution >= 4 is 0 Å². The van der Waals surface area contributed by atoms with Crippen LogP contribution in [-0.2, 0) is 4.74 Å². The molecule has 20 heavy (non-hydrogen) atoms. The minimum atomic E-state index is 0.115. The molecule has 0 saturated heterocycles. The molecule has 0 amide bonds. The van der Waals surface area contributed by atoms with Gasteiger partial charge in [0.05, 0.1) is 7.11 Å². The lowest BCUT2D eigenvalue weighted by atomic mass is 10.1. The summed E-state index contributed by atoms with van der Waals surface area (Å²) in [7, 11) is 1.60. The van der Waals surface area contributed by atoms with Gasteiger partial charge in [0.2, 0.25) is 0 Å². The minimum absolute atomic E-state index is 0.115. The molecule has 0 aromatic heterocycles. The average molecular weight is 279 g/mol. The van der Waals surface area contributed by atoms with Crippen molar-refractivity contribution in [2.45, 2.75) is 32.2 Å². The third-order valence-corrected chi connectivity index (χ3v) is 3.67. The van der Waals surface area contributed by atoms with Crippen LogP contribution in [0.15, 0.2) is 18.2 Å². The highest BCUT2D eigenvalue weighted by Gasteiger charge is 2.20. The summed E-state index contributed by atoms with van der Waals surface area (Å²) in [5, 5.41) is 13.4. The summed E-state index contributed by atoms with van der Waals surface area (Å²) in [4.78, 5) is 0. The molecular formula is C16H25NO3. The van der Waals surface area contributed by atoms with Crippen molar-refractivity contribution < 1.29 is 14.6 Å². The van der Waals surface area contributed by atoms with Crippen molar-refractivity contribution in [3.05, 3.63) is 23.8 Å². The number of hydrogen-bond acceptors (Lipinski definition) is 4. The largest absolute Gasteiger partial charge is 0.507 e. The van der Waals surface area contributed by atoms with E-state index in [0.717, 1.165) is 37.7 Å². The normalized spacial score (nSPS) is 16.1. The molecule has 1 aliphatic rings. The monoisotopic (exact) mass is 279 g/mol. The molecule has 2 N–H and O–H groups in total. The van der Waals surface area contributed by atoms with E-state index in [2.05, 4.69) is 5.32 Å². The molecule has 4 nitrogen and oxygen atoms in total. The minimum Gasteiger partial charge on any atom is -0.507 e. The summed E-state index contributed by atoms with van der Waals surface area (Å²) < 4.78 is 10.7. The number of nitrogens with one attached hydrogen (secondary N) is 1. The Morgan fingerprint density at radius 1 is 1.40 bits per heavy atom. The third kappa shape index (κ3) is 4.69. The summed E-state index contributed by atoms with van der Waals surface area (Å²) in [6.45, 7) is 4.67. The molecule has 1 aromatic rings. The number of aromatic hydroxyl groups is 1. The van der Waals surface area contributed by atoms with Crippen LogP contribution >= 0.6 is 0 Å². The zero-order valence-electron chi connectivity index (χ0n) is 12.4. The Balaban J connectivity index is 1.66. The first-order valence-electron chi connectivity index (χ1n) is 7.38. The van der Waals surface area contributed by atoms with E-state index in [0.29, 0.717) is 5.75 Å². The fourth-order valence-corrected chi connectivity index (χ4v) is 2.15. The maximum Gasteiger partial charge on any atom is 0.124 e. The highest BCUT2D eigenvalue weighted by molar-refractivity contribution is 5.41. The molecule has 2 rings (SSSR count). The Labute approximate surface area is 121 Å². The van der Waals surface area contributed by atoms with Crippen LogP contribution < -0.4 is 10.1 Å². The summed E-state index contributed by atoms with van der Waals surface area (Å²) in [5.74, 6) is 1.78. The Morgan fingerprint density at radius 2 is 2.20 bits per heavy atom. The quantitative estimate of drug-likeness (QED) is 0.682. The van der Waals surface area contributed by atoms with E-state index in [1.165, 1.54) is 12.8 Å². The van der Waals surface area contributed by atoms with Gasteiger partial charge in [-0.2, -0.15) is 0 Å². The van der Waals surface area contributed by atoms with E-state index in [1.54, 1.807) is 13.2 Å². The van der Waals surface area contributed by atoms with Crippen molar-refractivity contribution in [3.63, 3.8) is 0 Å². The fraction of sp³-hybridized carbons (Fsp3) is 0.625. The molecule has 0 radical (unpaired) electrons. The van der Waals surface area contributed by atoms with Gasteiger partial charge in [-0.15, -0.1) is 0 Å². The lowest BCUT2D eigenvalue weighted by Gasteiger charge is -2.16. The van der Waals surface area contributed by atoms with Crippen LogP contribution in [-0.4, -0.2) is 32.0 Å². The van der Waals surface area contributed by atoms with Crippen LogP contribution in [0.5, 0.6) is 11.5 Å². The van der Waals surface area contributed by atoms with E-state index in [4.69, 9.17) is 9.47 Å². The van der Waals surface area contributed by atoms with Gasteiger partial charge in [-0.1, -0.05) is 6.07 Å². The van der Waals surface area contributed by atoms with E-state index in [9.17, 15) is 5.11 Å². The first-order valence-corrected chi connectivity index (χ1v) is 7.38. The second kappa shape index (κ2) is 7.50. The fourth-order valence-electron chi connectivity index (χ4n) is 2.15.